The average Bonchev–Trinajstić information content (AvgIpc) is 3.08. The van der Waals surface area contributed by atoms with E-state index in [2.05, 4.69) is 58.0 Å². The summed E-state index contributed by atoms with van der Waals surface area (Å²) in [6, 6.07) is 16.5. The SMILES string of the molecule is CN=C(NCCc1cn2ccccc2n1)NCC(C)Sc1ccccc1. The van der Waals surface area contributed by atoms with Gasteiger partial charge in [-0.25, -0.2) is 4.98 Å². The van der Waals surface area contributed by atoms with Crippen molar-refractivity contribution in [3.05, 3.63) is 66.6 Å². The number of thioether (sulfide) groups is 1. The Morgan fingerprint density at radius 1 is 1.15 bits per heavy atom. The fourth-order valence-corrected chi connectivity index (χ4v) is 3.60. The lowest BCUT2D eigenvalue weighted by molar-refractivity contribution is 0.775. The van der Waals surface area contributed by atoms with Gasteiger partial charge in [0, 0.05) is 49.1 Å². The fourth-order valence-electron chi connectivity index (χ4n) is 2.65. The Balaban J connectivity index is 1.41. The quantitative estimate of drug-likeness (QED) is 0.382. The highest BCUT2D eigenvalue weighted by molar-refractivity contribution is 8.00. The van der Waals surface area contributed by atoms with Gasteiger partial charge in [-0.15, -0.1) is 11.8 Å². The highest BCUT2D eigenvalue weighted by atomic mass is 32.2. The van der Waals surface area contributed by atoms with Crippen LogP contribution in [0.2, 0.25) is 0 Å². The number of benzene rings is 1. The van der Waals surface area contributed by atoms with Crippen molar-refractivity contribution < 1.29 is 0 Å². The van der Waals surface area contributed by atoms with Gasteiger partial charge in [-0.2, -0.15) is 0 Å². The molecule has 3 rings (SSSR count). The molecule has 2 aromatic heterocycles. The predicted molar refractivity (Wildman–Crippen MR) is 110 cm³/mol. The molecule has 0 bridgehead atoms. The van der Waals surface area contributed by atoms with E-state index < -0.39 is 0 Å². The largest absolute Gasteiger partial charge is 0.356 e. The Labute approximate surface area is 158 Å². The van der Waals surface area contributed by atoms with Crippen molar-refractivity contribution in [2.45, 2.75) is 23.5 Å². The molecule has 0 aliphatic carbocycles. The summed E-state index contributed by atoms with van der Waals surface area (Å²) in [5, 5.41) is 7.21. The normalized spacial score (nSPS) is 12.9. The molecular formula is C20H25N5S. The van der Waals surface area contributed by atoms with Crippen LogP contribution < -0.4 is 10.6 Å². The molecule has 0 radical (unpaired) electrons. The van der Waals surface area contributed by atoms with E-state index in [9.17, 15) is 0 Å². The summed E-state index contributed by atoms with van der Waals surface area (Å²) in [6.45, 7) is 3.87. The van der Waals surface area contributed by atoms with Crippen LogP contribution in [0, 0.1) is 0 Å². The number of hydrogen-bond acceptors (Lipinski definition) is 3. The molecule has 6 heteroatoms. The molecule has 0 fully saturated rings. The maximum absolute atomic E-state index is 4.62. The Morgan fingerprint density at radius 2 is 1.96 bits per heavy atom. The molecule has 1 atom stereocenters. The van der Waals surface area contributed by atoms with E-state index in [1.807, 2.05) is 46.6 Å². The molecule has 26 heavy (non-hydrogen) atoms. The molecule has 1 aromatic carbocycles. The molecule has 0 aliphatic heterocycles. The molecule has 3 aromatic rings. The molecule has 2 heterocycles. The summed E-state index contributed by atoms with van der Waals surface area (Å²) in [5.41, 5.74) is 2.06. The molecule has 0 amide bonds. The maximum Gasteiger partial charge on any atom is 0.191 e. The van der Waals surface area contributed by atoms with Crippen LogP contribution in [0.4, 0.5) is 0 Å². The zero-order valence-corrected chi connectivity index (χ0v) is 16.0. The van der Waals surface area contributed by atoms with Gasteiger partial charge in [-0.3, -0.25) is 4.99 Å². The first-order valence-corrected chi connectivity index (χ1v) is 9.71. The third-order valence-corrected chi connectivity index (χ3v) is 5.06. The van der Waals surface area contributed by atoms with Gasteiger partial charge in [0.15, 0.2) is 5.96 Å². The van der Waals surface area contributed by atoms with Crippen LogP contribution in [0.3, 0.4) is 0 Å². The van der Waals surface area contributed by atoms with E-state index in [4.69, 9.17) is 0 Å². The van der Waals surface area contributed by atoms with Crippen LogP contribution in [0.5, 0.6) is 0 Å². The Kier molecular flexibility index (Phi) is 6.55. The first-order chi connectivity index (χ1) is 12.7. The van der Waals surface area contributed by atoms with E-state index in [0.717, 1.165) is 36.8 Å². The number of imidazole rings is 1. The first kappa shape index (κ1) is 18.3. The lowest BCUT2D eigenvalue weighted by Gasteiger charge is -2.15. The summed E-state index contributed by atoms with van der Waals surface area (Å²) >= 11 is 1.86. The summed E-state index contributed by atoms with van der Waals surface area (Å²) < 4.78 is 2.05. The number of aliphatic imine (C=N–C) groups is 1. The van der Waals surface area contributed by atoms with E-state index in [0.29, 0.717) is 5.25 Å². The smallest absolute Gasteiger partial charge is 0.191 e. The van der Waals surface area contributed by atoms with Gasteiger partial charge < -0.3 is 15.0 Å². The Hall–Kier alpha value is -2.47. The highest BCUT2D eigenvalue weighted by Crippen LogP contribution is 2.21. The minimum atomic E-state index is 0.453. The van der Waals surface area contributed by atoms with Gasteiger partial charge in [0.1, 0.15) is 5.65 Å². The van der Waals surface area contributed by atoms with Gasteiger partial charge in [0.05, 0.1) is 5.69 Å². The fraction of sp³-hybridized carbons (Fsp3) is 0.300. The second-order valence-electron chi connectivity index (χ2n) is 6.07. The van der Waals surface area contributed by atoms with Crippen molar-refractivity contribution in [1.82, 2.24) is 20.0 Å². The summed E-state index contributed by atoms with van der Waals surface area (Å²) in [7, 11) is 1.80. The van der Waals surface area contributed by atoms with Gasteiger partial charge in [0.2, 0.25) is 0 Å². The van der Waals surface area contributed by atoms with Crippen LogP contribution in [0.15, 0.2) is 70.8 Å². The lowest BCUT2D eigenvalue weighted by atomic mass is 10.3. The van der Waals surface area contributed by atoms with Crippen LogP contribution in [-0.4, -0.2) is 40.7 Å². The summed E-state index contributed by atoms with van der Waals surface area (Å²) in [6.07, 6.45) is 4.95. The maximum atomic E-state index is 4.62. The average molecular weight is 368 g/mol. The first-order valence-electron chi connectivity index (χ1n) is 8.83. The second kappa shape index (κ2) is 9.29. The van der Waals surface area contributed by atoms with Gasteiger partial charge in [0.25, 0.3) is 0 Å². The van der Waals surface area contributed by atoms with Gasteiger partial charge in [-0.1, -0.05) is 31.2 Å². The number of guanidine groups is 1. The summed E-state index contributed by atoms with van der Waals surface area (Å²) in [5.74, 6) is 0.828. The number of aromatic nitrogens is 2. The molecule has 5 nitrogen and oxygen atoms in total. The number of fused-ring (bicyclic) bond motifs is 1. The summed E-state index contributed by atoms with van der Waals surface area (Å²) in [4.78, 5) is 10.2. The van der Waals surface area contributed by atoms with Crippen molar-refractivity contribution in [1.29, 1.82) is 0 Å². The Bertz CT molecular complexity index is 811. The van der Waals surface area contributed by atoms with E-state index in [1.54, 1.807) is 7.05 Å². The number of nitrogens with zero attached hydrogens (tertiary/aromatic N) is 3. The van der Waals surface area contributed by atoms with Crippen molar-refractivity contribution in [2.75, 3.05) is 20.1 Å². The molecular weight excluding hydrogens is 342 g/mol. The number of hydrogen-bond donors (Lipinski definition) is 2. The van der Waals surface area contributed by atoms with Crippen molar-refractivity contribution in [3.8, 4) is 0 Å². The number of pyridine rings is 1. The molecule has 136 valence electrons. The topological polar surface area (TPSA) is 53.7 Å². The third kappa shape index (κ3) is 5.26. The van der Waals surface area contributed by atoms with Crippen molar-refractivity contribution in [2.24, 2.45) is 4.99 Å². The molecule has 0 saturated carbocycles. The van der Waals surface area contributed by atoms with Crippen molar-refractivity contribution >= 4 is 23.4 Å². The van der Waals surface area contributed by atoms with Crippen LogP contribution in [-0.2, 0) is 6.42 Å². The third-order valence-electron chi connectivity index (χ3n) is 3.95. The van der Waals surface area contributed by atoms with Crippen LogP contribution >= 0.6 is 11.8 Å². The minimum Gasteiger partial charge on any atom is -0.356 e. The standard InChI is InChI=1S/C20H25N5S/c1-16(26-18-8-4-3-5-9-18)14-23-20(21-2)22-12-11-17-15-25-13-7-6-10-19(25)24-17/h3-10,13,15-16H,11-12,14H2,1-2H3,(H2,21,22,23). The zero-order chi connectivity index (χ0) is 18.2. The molecule has 0 aliphatic rings. The van der Waals surface area contributed by atoms with Crippen molar-refractivity contribution in [3.63, 3.8) is 0 Å². The number of rotatable bonds is 7. The van der Waals surface area contributed by atoms with Crippen LogP contribution in [0.1, 0.15) is 12.6 Å². The lowest BCUT2D eigenvalue weighted by Crippen LogP contribution is -2.40. The van der Waals surface area contributed by atoms with Gasteiger partial charge in [-0.05, 0) is 24.3 Å². The molecule has 1 unspecified atom stereocenters. The zero-order valence-electron chi connectivity index (χ0n) is 15.2. The molecule has 0 spiro atoms. The Morgan fingerprint density at radius 3 is 2.73 bits per heavy atom. The van der Waals surface area contributed by atoms with Crippen LogP contribution in [0.25, 0.3) is 5.65 Å². The molecule has 0 saturated heterocycles. The second-order valence-corrected chi connectivity index (χ2v) is 7.58. The predicted octanol–water partition coefficient (Wildman–Crippen LogP) is 3.22. The van der Waals surface area contributed by atoms with E-state index >= 15 is 0 Å². The molecule has 2 N–H and O–H groups in total. The highest BCUT2D eigenvalue weighted by Gasteiger charge is 2.06. The number of nitrogens with one attached hydrogen (secondary N) is 2. The van der Waals surface area contributed by atoms with E-state index in [-0.39, 0.29) is 0 Å². The minimum absolute atomic E-state index is 0.453. The monoisotopic (exact) mass is 367 g/mol. The van der Waals surface area contributed by atoms with Gasteiger partial charge >= 0.3 is 0 Å². The van der Waals surface area contributed by atoms with E-state index in [1.165, 1.54) is 4.90 Å².